The van der Waals surface area contributed by atoms with E-state index in [1.807, 2.05) is 0 Å². The van der Waals surface area contributed by atoms with Gasteiger partial charge in [0.25, 0.3) is 0 Å². The highest BCUT2D eigenvalue weighted by atomic mass is 79.9. The first-order valence-corrected chi connectivity index (χ1v) is 14.2. The van der Waals surface area contributed by atoms with E-state index in [-0.39, 0.29) is 34.0 Å². The van der Waals surface area contributed by atoms with Crippen LogP contribution in [-0.2, 0) is 13.1 Å². The molecular formula is C28H40Br2N8. The molecule has 6 aliphatic rings. The molecule has 0 amide bonds. The molecule has 0 bridgehead atoms. The van der Waals surface area contributed by atoms with Gasteiger partial charge in [-0.3, -0.25) is 28.9 Å². The number of hydrogen-bond donors (Lipinski definition) is 0. The van der Waals surface area contributed by atoms with Gasteiger partial charge in [0.2, 0.25) is 11.7 Å². The summed E-state index contributed by atoms with van der Waals surface area (Å²) in [6.45, 7) is 15.3. The number of piperazine rings is 2. The van der Waals surface area contributed by atoms with E-state index in [1.165, 1.54) is 73.2 Å². The highest BCUT2D eigenvalue weighted by molar-refractivity contribution is 6.39. The zero-order valence-corrected chi connectivity index (χ0v) is 25.5. The minimum absolute atomic E-state index is 0. The van der Waals surface area contributed by atoms with Gasteiger partial charge in [0.1, 0.15) is 26.2 Å². The molecule has 0 radical (unpaired) electrons. The van der Waals surface area contributed by atoms with Crippen molar-refractivity contribution in [3.05, 3.63) is 35.4 Å². The van der Waals surface area contributed by atoms with E-state index in [0.29, 0.717) is 0 Å². The topological polar surface area (TPSA) is 43.7 Å². The van der Waals surface area contributed by atoms with Gasteiger partial charge in [0.15, 0.2) is 0 Å². The lowest BCUT2D eigenvalue weighted by molar-refractivity contribution is -0.553. The number of halogens is 2. The Labute approximate surface area is 247 Å². The van der Waals surface area contributed by atoms with Crippen LogP contribution in [0.3, 0.4) is 0 Å². The molecule has 8 nitrogen and oxygen atoms in total. The molecule has 0 atom stereocenters. The van der Waals surface area contributed by atoms with Crippen LogP contribution in [0, 0.1) is 0 Å². The van der Waals surface area contributed by atoms with Gasteiger partial charge in [-0.2, -0.15) is 0 Å². The predicted octanol–water partition coefficient (Wildman–Crippen LogP) is -4.84. The zero-order chi connectivity index (χ0) is 23.9. The first-order chi connectivity index (χ1) is 17.8. The second-order valence-electron chi connectivity index (χ2n) is 11.1. The van der Waals surface area contributed by atoms with Gasteiger partial charge in [-0.1, -0.05) is 24.3 Å². The summed E-state index contributed by atoms with van der Waals surface area (Å²) in [5.41, 5.74) is 2.80. The molecule has 2 fully saturated rings. The third-order valence-electron chi connectivity index (χ3n) is 8.65. The molecule has 6 heterocycles. The van der Waals surface area contributed by atoms with E-state index >= 15 is 0 Å². The number of benzene rings is 1. The quantitative estimate of drug-likeness (QED) is 0.308. The summed E-state index contributed by atoms with van der Waals surface area (Å²) in [6, 6.07) is 9.43. The van der Waals surface area contributed by atoms with Crippen LogP contribution >= 0.6 is 0 Å². The predicted molar refractivity (Wildman–Crippen MR) is 143 cm³/mol. The minimum Gasteiger partial charge on any atom is -1.00 e. The molecule has 7 rings (SSSR count). The third-order valence-corrected chi connectivity index (χ3v) is 8.65. The molecule has 0 saturated carbocycles. The maximum absolute atomic E-state index is 4.97. The highest BCUT2D eigenvalue weighted by Crippen LogP contribution is 2.20. The highest BCUT2D eigenvalue weighted by Gasteiger charge is 2.41. The average molecular weight is 648 g/mol. The monoisotopic (exact) mass is 646 g/mol. The average Bonchev–Trinajstić information content (AvgIpc) is 2.94. The van der Waals surface area contributed by atoms with Crippen LogP contribution in [0.15, 0.2) is 34.3 Å². The first-order valence-electron chi connectivity index (χ1n) is 14.2. The second kappa shape index (κ2) is 12.1. The molecule has 0 unspecified atom stereocenters. The smallest absolute Gasteiger partial charge is 0.315 e. The van der Waals surface area contributed by atoms with Crippen LogP contribution in [0.1, 0.15) is 36.8 Å². The van der Waals surface area contributed by atoms with Crippen molar-refractivity contribution < 1.29 is 43.1 Å². The van der Waals surface area contributed by atoms with Gasteiger partial charge in [-0.15, -0.1) is 0 Å². The summed E-state index contributed by atoms with van der Waals surface area (Å²) in [4.78, 5) is 20.1. The molecule has 10 heteroatoms. The number of rotatable bonds is 4. The molecule has 206 valence electrons. The minimum atomic E-state index is 0. The fraction of sp³-hybridized carbons (Fsp3) is 0.643. The van der Waals surface area contributed by atoms with Gasteiger partial charge in [0, 0.05) is 39.0 Å². The Kier molecular flexibility index (Phi) is 8.77. The molecule has 38 heavy (non-hydrogen) atoms. The molecule has 1 aromatic rings. The van der Waals surface area contributed by atoms with Crippen LogP contribution in [0.2, 0.25) is 0 Å². The summed E-state index contributed by atoms with van der Waals surface area (Å²) >= 11 is 0. The second-order valence-corrected chi connectivity index (χ2v) is 11.1. The van der Waals surface area contributed by atoms with Crippen molar-refractivity contribution in [3.63, 3.8) is 0 Å². The van der Waals surface area contributed by atoms with E-state index in [4.69, 9.17) is 9.98 Å². The largest absolute Gasteiger partial charge is 1.00 e. The maximum atomic E-state index is 4.97. The molecule has 2 saturated heterocycles. The Bertz CT molecular complexity index is 1050. The van der Waals surface area contributed by atoms with E-state index in [1.54, 1.807) is 0 Å². The van der Waals surface area contributed by atoms with Crippen LogP contribution in [-0.4, -0.2) is 131 Å². The summed E-state index contributed by atoms with van der Waals surface area (Å²) in [6.07, 6.45) is 4.86. The third kappa shape index (κ3) is 5.27. The van der Waals surface area contributed by atoms with Crippen molar-refractivity contribution in [2.45, 2.75) is 38.8 Å². The van der Waals surface area contributed by atoms with E-state index in [2.05, 4.69) is 53.0 Å². The van der Waals surface area contributed by atoms with E-state index in [9.17, 15) is 0 Å². The van der Waals surface area contributed by atoms with Crippen molar-refractivity contribution in [2.75, 3.05) is 78.5 Å². The summed E-state index contributed by atoms with van der Waals surface area (Å²) < 4.78 is 5.18. The van der Waals surface area contributed by atoms with Gasteiger partial charge >= 0.3 is 11.7 Å². The number of fused-ring (bicyclic) bond motifs is 6. The Morgan fingerprint density at radius 2 is 0.921 bits per heavy atom. The van der Waals surface area contributed by atoms with Crippen molar-refractivity contribution >= 4 is 23.3 Å². The molecule has 0 spiro atoms. The van der Waals surface area contributed by atoms with Crippen molar-refractivity contribution in [3.8, 4) is 0 Å². The SMILES string of the molecule is [Br-].[Br-].c1cc(C[N+]2=C3C4=NCCCN4CCN3CCC2)ccc1C[N+]1=C2C3=NCCCN3CCN2CCC1. The summed E-state index contributed by atoms with van der Waals surface area (Å²) in [7, 11) is 0. The van der Waals surface area contributed by atoms with Crippen molar-refractivity contribution in [1.29, 1.82) is 0 Å². The van der Waals surface area contributed by atoms with E-state index < -0.39 is 0 Å². The Morgan fingerprint density at radius 3 is 1.37 bits per heavy atom. The molecule has 0 aliphatic carbocycles. The number of aliphatic imine (C=N–C) groups is 2. The fourth-order valence-corrected chi connectivity index (χ4v) is 6.88. The maximum Gasteiger partial charge on any atom is 0.315 e. The van der Waals surface area contributed by atoms with E-state index in [0.717, 1.165) is 78.5 Å². The van der Waals surface area contributed by atoms with Gasteiger partial charge in [-0.05, 0) is 24.0 Å². The fourth-order valence-electron chi connectivity index (χ4n) is 6.88. The normalized spacial score (nSPS) is 22.8. The number of hydrogen-bond acceptors (Lipinski definition) is 6. The Hall–Kier alpha value is -1.94. The standard InChI is InChI=1S/C28H40N8.2BrH/c1-9-29-25-27-33(19-17-31(25)11-1)13-3-15-35(27)21-23-5-7-24(8-6-23)22-36-16-4-14-34-20-18-32-12-2-10-30-26(32)28(34)36;;/h5-8H,1-4,9-22H2;2*1H/q+2;;/p-2. The lowest BCUT2D eigenvalue weighted by Gasteiger charge is -2.39. The summed E-state index contributed by atoms with van der Waals surface area (Å²) in [5.74, 6) is 5.28. The lowest BCUT2D eigenvalue weighted by atomic mass is 10.1. The first kappa shape index (κ1) is 27.6. The molecular weight excluding hydrogens is 608 g/mol. The zero-order valence-electron chi connectivity index (χ0n) is 22.4. The van der Waals surface area contributed by atoms with Crippen molar-refractivity contribution in [2.24, 2.45) is 9.98 Å². The van der Waals surface area contributed by atoms with Crippen LogP contribution in [0.5, 0.6) is 0 Å². The van der Waals surface area contributed by atoms with Crippen LogP contribution < -0.4 is 34.0 Å². The Morgan fingerprint density at radius 1 is 0.526 bits per heavy atom. The number of amidine groups is 4. The van der Waals surface area contributed by atoms with Crippen LogP contribution in [0.4, 0.5) is 0 Å². The van der Waals surface area contributed by atoms with Gasteiger partial charge in [-0.25, -0.2) is 0 Å². The van der Waals surface area contributed by atoms with Gasteiger partial charge in [0.05, 0.1) is 39.3 Å². The summed E-state index contributed by atoms with van der Waals surface area (Å²) in [5, 5.41) is 0. The van der Waals surface area contributed by atoms with Crippen molar-refractivity contribution in [1.82, 2.24) is 19.6 Å². The number of nitrogens with zero attached hydrogens (tertiary/aromatic N) is 8. The van der Waals surface area contributed by atoms with Gasteiger partial charge < -0.3 is 43.8 Å². The molecule has 0 aromatic heterocycles. The lowest BCUT2D eigenvalue weighted by Crippen LogP contribution is -3.00. The molecule has 6 aliphatic heterocycles. The molecule has 1 aromatic carbocycles. The Balaban J connectivity index is 0.00000147. The van der Waals surface area contributed by atoms with Crippen LogP contribution in [0.25, 0.3) is 0 Å². The molecule has 0 N–H and O–H groups in total.